The number of fused-ring (bicyclic) bond motifs is 3. The van der Waals surface area contributed by atoms with E-state index in [9.17, 15) is 23.1 Å². The van der Waals surface area contributed by atoms with Crippen LogP contribution in [0.2, 0.25) is 0 Å². The number of aryl methyl sites for hydroxylation is 1. The van der Waals surface area contributed by atoms with E-state index in [2.05, 4.69) is 15.2 Å². The third-order valence-electron chi connectivity index (χ3n) is 4.75. The molecule has 162 valence electrons. The van der Waals surface area contributed by atoms with Crippen LogP contribution >= 0.6 is 0 Å². The Hall–Kier alpha value is -3.89. The normalized spacial score (nSPS) is 11.8. The molecule has 11 heteroatoms. The van der Waals surface area contributed by atoms with Crippen molar-refractivity contribution in [3.8, 4) is 17.2 Å². The van der Waals surface area contributed by atoms with Gasteiger partial charge in [0.1, 0.15) is 22.9 Å². The quantitative estimate of drug-likeness (QED) is 0.502. The zero-order valence-electron chi connectivity index (χ0n) is 16.4. The van der Waals surface area contributed by atoms with Gasteiger partial charge in [-0.1, -0.05) is 0 Å². The second-order valence-corrected chi connectivity index (χ2v) is 6.74. The van der Waals surface area contributed by atoms with Gasteiger partial charge < -0.3 is 19.9 Å². The molecule has 0 unspecified atom stereocenters. The van der Waals surface area contributed by atoms with E-state index in [0.29, 0.717) is 17.0 Å². The lowest BCUT2D eigenvalue weighted by Crippen LogP contribution is -2.24. The predicted molar refractivity (Wildman–Crippen MR) is 103 cm³/mol. The smallest absolute Gasteiger partial charge is 0.506 e. The Morgan fingerprint density at radius 3 is 2.71 bits per heavy atom. The lowest BCUT2D eigenvalue weighted by atomic mass is 10.1. The Labute approximate surface area is 173 Å². The molecule has 0 saturated heterocycles. The molecule has 0 atom stereocenters. The van der Waals surface area contributed by atoms with Crippen LogP contribution in [0.4, 0.5) is 13.2 Å². The summed E-state index contributed by atoms with van der Waals surface area (Å²) in [5.41, 5.74) is 2.07. The number of hydrogen-bond donors (Lipinski definition) is 2. The van der Waals surface area contributed by atoms with Crippen LogP contribution in [0.25, 0.3) is 11.3 Å². The fourth-order valence-electron chi connectivity index (χ4n) is 3.17. The van der Waals surface area contributed by atoms with E-state index in [-0.39, 0.29) is 29.2 Å². The molecule has 1 amide bonds. The van der Waals surface area contributed by atoms with Crippen molar-refractivity contribution in [3.05, 3.63) is 59.4 Å². The zero-order chi connectivity index (χ0) is 22.3. The first kappa shape index (κ1) is 20.4. The number of alkyl halides is 3. The molecule has 0 radical (unpaired) electrons. The average molecular weight is 434 g/mol. The maximum atomic E-state index is 12.7. The molecule has 8 nitrogen and oxygen atoms in total. The highest BCUT2D eigenvalue weighted by Crippen LogP contribution is 2.30. The molecule has 1 aromatic carbocycles. The molecule has 31 heavy (non-hydrogen) atoms. The SMILES string of the molecule is COc1ccc(CNC(=O)c2ccc3nn4c(C)c(O)cc4n3c2)c(OC(F)(F)F)c1. The van der Waals surface area contributed by atoms with Crippen LogP contribution in [-0.2, 0) is 6.54 Å². The van der Waals surface area contributed by atoms with E-state index in [1.54, 1.807) is 28.0 Å². The second-order valence-electron chi connectivity index (χ2n) is 6.74. The van der Waals surface area contributed by atoms with Crippen LogP contribution in [0.15, 0.2) is 42.6 Å². The first-order valence-corrected chi connectivity index (χ1v) is 9.06. The number of carbonyl (C=O) groups is 1. The molecule has 0 spiro atoms. The molecule has 0 bridgehead atoms. The Morgan fingerprint density at radius 2 is 2.00 bits per heavy atom. The van der Waals surface area contributed by atoms with Gasteiger partial charge in [-0.2, -0.15) is 0 Å². The van der Waals surface area contributed by atoms with Gasteiger partial charge >= 0.3 is 6.36 Å². The van der Waals surface area contributed by atoms with Gasteiger partial charge in [0.25, 0.3) is 5.91 Å². The maximum Gasteiger partial charge on any atom is 0.573 e. The van der Waals surface area contributed by atoms with Crippen LogP contribution in [0.3, 0.4) is 0 Å². The van der Waals surface area contributed by atoms with Gasteiger partial charge in [0.2, 0.25) is 0 Å². The summed E-state index contributed by atoms with van der Waals surface area (Å²) in [6, 6.07) is 8.66. The van der Waals surface area contributed by atoms with Crippen molar-refractivity contribution >= 4 is 17.2 Å². The monoisotopic (exact) mass is 434 g/mol. The number of pyridine rings is 1. The summed E-state index contributed by atoms with van der Waals surface area (Å²) in [7, 11) is 1.32. The number of rotatable bonds is 5. The number of nitrogens with zero attached hydrogens (tertiary/aromatic N) is 3. The first-order chi connectivity index (χ1) is 14.7. The van der Waals surface area contributed by atoms with Crippen molar-refractivity contribution < 1.29 is 32.5 Å². The molecular formula is C20H17F3N4O4. The minimum absolute atomic E-state index is 0.0726. The Bertz CT molecular complexity index is 1290. The number of aromatic hydroxyl groups is 1. The van der Waals surface area contributed by atoms with Crippen molar-refractivity contribution in [2.75, 3.05) is 7.11 Å². The van der Waals surface area contributed by atoms with E-state index in [4.69, 9.17) is 4.74 Å². The lowest BCUT2D eigenvalue weighted by Gasteiger charge is -2.15. The molecule has 2 N–H and O–H groups in total. The molecule has 0 aliphatic carbocycles. The third kappa shape index (κ3) is 3.93. The van der Waals surface area contributed by atoms with E-state index < -0.39 is 18.0 Å². The van der Waals surface area contributed by atoms with Crippen molar-refractivity contribution in [2.24, 2.45) is 0 Å². The number of aromatic nitrogens is 3. The lowest BCUT2D eigenvalue weighted by molar-refractivity contribution is -0.274. The number of nitrogens with one attached hydrogen (secondary N) is 1. The minimum Gasteiger partial charge on any atom is -0.506 e. The summed E-state index contributed by atoms with van der Waals surface area (Å²) in [5, 5.41) is 16.8. The van der Waals surface area contributed by atoms with Gasteiger partial charge in [-0.3, -0.25) is 9.20 Å². The maximum absolute atomic E-state index is 12.7. The summed E-state index contributed by atoms with van der Waals surface area (Å²) < 4.78 is 50.3. The van der Waals surface area contributed by atoms with Crippen molar-refractivity contribution in [1.82, 2.24) is 19.3 Å². The van der Waals surface area contributed by atoms with E-state index in [0.717, 1.165) is 6.07 Å². The largest absolute Gasteiger partial charge is 0.573 e. The number of halogens is 3. The fourth-order valence-corrected chi connectivity index (χ4v) is 3.17. The number of ether oxygens (including phenoxy) is 2. The van der Waals surface area contributed by atoms with Crippen molar-refractivity contribution in [2.45, 2.75) is 19.8 Å². The standard InChI is InChI=1S/C20H17F3N4O4/c1-11-15(28)8-18-26-10-13(4-6-17(26)25-27(11)18)19(29)24-9-12-3-5-14(30-2)7-16(12)31-20(21,22)23/h3-8,10,28H,9H2,1-2H3,(H,24,29). The molecule has 3 aromatic heterocycles. The van der Waals surface area contributed by atoms with Crippen molar-refractivity contribution in [3.63, 3.8) is 0 Å². The Morgan fingerprint density at radius 1 is 1.23 bits per heavy atom. The van der Waals surface area contributed by atoms with Gasteiger partial charge in [-0.25, -0.2) is 4.52 Å². The minimum atomic E-state index is -4.89. The second kappa shape index (κ2) is 7.42. The predicted octanol–water partition coefficient (Wildman–Crippen LogP) is 3.44. The van der Waals surface area contributed by atoms with Gasteiger partial charge in [0.05, 0.1) is 18.4 Å². The molecule has 4 rings (SSSR count). The Kier molecular flexibility index (Phi) is 4.88. The number of carbonyl (C=O) groups excluding carboxylic acids is 1. The summed E-state index contributed by atoms with van der Waals surface area (Å²) in [5.74, 6) is -0.703. The highest BCUT2D eigenvalue weighted by Gasteiger charge is 2.32. The molecule has 0 aliphatic rings. The summed E-state index contributed by atoms with van der Waals surface area (Å²) in [4.78, 5) is 12.6. The first-order valence-electron chi connectivity index (χ1n) is 9.06. The van der Waals surface area contributed by atoms with Gasteiger partial charge in [-0.15, -0.1) is 18.3 Å². The number of methoxy groups -OCH3 is 1. The number of hydrogen-bond acceptors (Lipinski definition) is 5. The fraction of sp³-hybridized carbons (Fsp3) is 0.200. The summed E-state index contributed by atoms with van der Waals surface area (Å²) in [6.45, 7) is 1.51. The molecule has 0 saturated carbocycles. The van der Waals surface area contributed by atoms with E-state index in [1.165, 1.54) is 31.5 Å². The molecule has 4 aromatic rings. The highest BCUT2D eigenvalue weighted by atomic mass is 19.4. The topological polar surface area (TPSA) is 89.5 Å². The van der Waals surface area contributed by atoms with Crippen LogP contribution < -0.4 is 14.8 Å². The van der Waals surface area contributed by atoms with Crippen LogP contribution in [-0.4, -0.2) is 38.5 Å². The number of benzene rings is 1. The van der Waals surface area contributed by atoms with Crippen LogP contribution in [0.5, 0.6) is 17.2 Å². The van der Waals surface area contributed by atoms with E-state index in [1.807, 2.05) is 0 Å². The average Bonchev–Trinajstić information content (AvgIpc) is 3.21. The van der Waals surface area contributed by atoms with Gasteiger partial charge in [-0.05, 0) is 31.2 Å². The van der Waals surface area contributed by atoms with Crippen molar-refractivity contribution in [1.29, 1.82) is 0 Å². The van der Waals surface area contributed by atoms with Gasteiger partial charge in [0, 0.05) is 30.4 Å². The highest BCUT2D eigenvalue weighted by molar-refractivity contribution is 5.94. The molecule has 0 aliphatic heterocycles. The third-order valence-corrected chi connectivity index (χ3v) is 4.75. The van der Waals surface area contributed by atoms with E-state index >= 15 is 0 Å². The number of amides is 1. The summed E-state index contributed by atoms with van der Waals surface area (Å²) >= 11 is 0. The van der Waals surface area contributed by atoms with Gasteiger partial charge in [0.15, 0.2) is 5.65 Å². The zero-order valence-corrected chi connectivity index (χ0v) is 16.4. The van der Waals surface area contributed by atoms with Crippen LogP contribution in [0.1, 0.15) is 21.6 Å². The Balaban J connectivity index is 1.58. The van der Waals surface area contributed by atoms with Crippen LogP contribution in [0, 0.1) is 6.92 Å². The molecular weight excluding hydrogens is 417 g/mol. The summed E-state index contributed by atoms with van der Waals surface area (Å²) in [6.07, 6.45) is -3.35. The molecule has 3 heterocycles. The molecule has 0 fully saturated rings.